The van der Waals surface area contributed by atoms with E-state index in [2.05, 4.69) is 4.98 Å². The lowest BCUT2D eigenvalue weighted by Crippen LogP contribution is -2.38. The van der Waals surface area contributed by atoms with Crippen LogP contribution in [-0.2, 0) is 23.8 Å². The van der Waals surface area contributed by atoms with E-state index in [0.29, 0.717) is 22.0 Å². The summed E-state index contributed by atoms with van der Waals surface area (Å²) in [6.45, 7) is 2.06. The molecule has 138 valence electrons. The minimum atomic E-state index is -0.645. The van der Waals surface area contributed by atoms with Gasteiger partial charge in [0.25, 0.3) is 5.22 Å². The first-order chi connectivity index (χ1) is 12.6. The highest BCUT2D eigenvalue weighted by Crippen LogP contribution is 2.31. The Kier molecular flexibility index (Phi) is 5.48. The second kappa shape index (κ2) is 7.79. The van der Waals surface area contributed by atoms with Crippen molar-refractivity contribution >= 4 is 40.5 Å². The van der Waals surface area contributed by atoms with Gasteiger partial charge in [-0.25, -0.2) is 14.6 Å². The summed E-state index contributed by atoms with van der Waals surface area (Å²) >= 11 is 1.50. The van der Waals surface area contributed by atoms with E-state index in [0.717, 1.165) is 5.75 Å². The van der Waals surface area contributed by atoms with Crippen molar-refractivity contribution in [3.63, 3.8) is 0 Å². The van der Waals surface area contributed by atoms with E-state index in [1.54, 1.807) is 23.1 Å². The molecule has 3 rings (SSSR count). The number of ether oxygens (including phenoxy) is 3. The zero-order chi connectivity index (χ0) is 18.7. The van der Waals surface area contributed by atoms with Gasteiger partial charge in [0.2, 0.25) is 0 Å². The molecule has 1 aliphatic rings. The van der Waals surface area contributed by atoms with Crippen molar-refractivity contribution < 1.29 is 28.2 Å². The van der Waals surface area contributed by atoms with Gasteiger partial charge < -0.3 is 23.5 Å². The number of benzene rings is 1. The molecule has 2 heterocycles. The van der Waals surface area contributed by atoms with Crippen LogP contribution < -0.4 is 4.90 Å². The molecule has 9 heteroatoms. The number of oxazole rings is 1. The van der Waals surface area contributed by atoms with Gasteiger partial charge in [-0.05, 0) is 17.9 Å². The Bertz CT molecular complexity index is 875. The van der Waals surface area contributed by atoms with E-state index in [4.69, 9.17) is 18.6 Å². The number of hydrogen-bond acceptors (Lipinski definition) is 9. The first kappa shape index (κ1) is 18.3. The van der Waals surface area contributed by atoms with Gasteiger partial charge >= 0.3 is 11.9 Å². The van der Waals surface area contributed by atoms with Crippen LogP contribution in [0.25, 0.3) is 11.1 Å². The monoisotopic (exact) mass is 378 g/mol. The van der Waals surface area contributed by atoms with Crippen LogP contribution in [0.4, 0.5) is 5.69 Å². The molecule has 0 radical (unpaired) electrons. The number of esters is 2. The number of rotatable bonds is 5. The highest BCUT2D eigenvalue weighted by molar-refractivity contribution is 7.99. The quantitative estimate of drug-likeness (QED) is 0.574. The summed E-state index contributed by atoms with van der Waals surface area (Å²) in [4.78, 5) is 30.3. The Morgan fingerprint density at radius 1 is 1.27 bits per heavy atom. The summed E-state index contributed by atoms with van der Waals surface area (Å²) in [7, 11) is 2.50. The summed E-state index contributed by atoms with van der Waals surface area (Å²) in [5, 5.41) is 0.577. The molecule has 1 aromatic heterocycles. The maximum absolute atomic E-state index is 12.3. The second-order valence-corrected chi connectivity index (χ2v) is 6.50. The number of methoxy groups -OCH3 is 2. The fraction of sp³-hybridized carbons (Fsp3) is 0.353. The Hall–Kier alpha value is -2.52. The number of carbonyl (C=O) groups is 2. The number of carbonyl (C=O) groups excluding carboxylic acids is 2. The molecule has 8 nitrogen and oxygen atoms in total. The molecule has 0 atom stereocenters. The second-order valence-electron chi connectivity index (χ2n) is 5.28. The van der Waals surface area contributed by atoms with Gasteiger partial charge in [0, 0.05) is 11.8 Å². The molecule has 1 aliphatic heterocycles. The number of fused-ring (bicyclic) bond motifs is 1. The maximum Gasteiger partial charge on any atom is 0.355 e. The lowest BCUT2D eigenvalue weighted by Gasteiger charge is -2.31. The van der Waals surface area contributed by atoms with Crippen LogP contribution in [0, 0.1) is 0 Å². The van der Waals surface area contributed by atoms with E-state index in [1.165, 1.54) is 26.0 Å². The SMILES string of the molecule is CCSc1nc2ccc(N3COCC(C(=O)OC)=C3C(=O)OC)cc2o1. The van der Waals surface area contributed by atoms with Gasteiger partial charge in [-0.2, -0.15) is 0 Å². The van der Waals surface area contributed by atoms with Crippen LogP contribution >= 0.6 is 11.8 Å². The smallest absolute Gasteiger partial charge is 0.355 e. The molecular weight excluding hydrogens is 360 g/mol. The molecule has 0 spiro atoms. The number of thioether (sulfide) groups is 1. The molecule has 0 fully saturated rings. The van der Waals surface area contributed by atoms with Crippen LogP contribution in [0.5, 0.6) is 0 Å². The lowest BCUT2D eigenvalue weighted by molar-refractivity contribution is -0.140. The average molecular weight is 378 g/mol. The molecule has 0 amide bonds. The molecule has 0 unspecified atom stereocenters. The normalized spacial score (nSPS) is 14.7. The topological polar surface area (TPSA) is 91.1 Å². The zero-order valence-corrected chi connectivity index (χ0v) is 15.4. The van der Waals surface area contributed by atoms with E-state index in [9.17, 15) is 9.59 Å². The molecule has 0 aliphatic carbocycles. The standard InChI is InChI=1S/C17H18N2O6S/c1-4-26-17-18-12-6-5-10(7-13(12)25-17)19-9-24-8-11(15(20)22-2)14(19)16(21)23-3/h5-7H,4,8-9H2,1-3H3. The summed E-state index contributed by atoms with van der Waals surface area (Å²) in [5.74, 6) is -0.441. The minimum absolute atomic E-state index is 0.0323. The third kappa shape index (κ3) is 3.40. The predicted octanol–water partition coefficient (Wildman–Crippen LogP) is 2.33. The summed E-state index contributed by atoms with van der Waals surface area (Å²) in [6.07, 6.45) is 0. The molecule has 0 saturated carbocycles. The number of hydrogen-bond donors (Lipinski definition) is 0. The molecule has 0 saturated heterocycles. The van der Waals surface area contributed by atoms with E-state index in [-0.39, 0.29) is 24.6 Å². The van der Waals surface area contributed by atoms with Gasteiger partial charge in [0.05, 0.1) is 26.4 Å². The highest BCUT2D eigenvalue weighted by Gasteiger charge is 2.32. The Morgan fingerprint density at radius 2 is 2.04 bits per heavy atom. The number of nitrogens with zero attached hydrogens (tertiary/aromatic N) is 2. The largest absolute Gasteiger partial charge is 0.466 e. The zero-order valence-electron chi connectivity index (χ0n) is 14.6. The Morgan fingerprint density at radius 3 is 2.73 bits per heavy atom. The van der Waals surface area contributed by atoms with Crippen LogP contribution in [-0.4, -0.2) is 50.2 Å². The molecule has 0 N–H and O–H groups in total. The third-order valence-electron chi connectivity index (χ3n) is 3.76. The fourth-order valence-electron chi connectivity index (χ4n) is 2.59. The molecule has 0 bridgehead atoms. The van der Waals surface area contributed by atoms with Crippen molar-refractivity contribution in [3.05, 3.63) is 29.5 Å². The number of anilines is 1. The van der Waals surface area contributed by atoms with Crippen LogP contribution in [0.2, 0.25) is 0 Å². The fourth-order valence-corrected chi connectivity index (χ4v) is 3.15. The van der Waals surface area contributed by atoms with Gasteiger partial charge in [0.15, 0.2) is 5.58 Å². The van der Waals surface area contributed by atoms with Crippen molar-refractivity contribution in [2.45, 2.75) is 12.1 Å². The van der Waals surface area contributed by atoms with Gasteiger partial charge in [0.1, 0.15) is 17.9 Å². The van der Waals surface area contributed by atoms with Crippen molar-refractivity contribution in [2.75, 3.05) is 38.2 Å². The first-order valence-electron chi connectivity index (χ1n) is 7.87. The van der Waals surface area contributed by atoms with Crippen LogP contribution in [0.15, 0.2) is 39.1 Å². The number of aromatic nitrogens is 1. The van der Waals surface area contributed by atoms with E-state index in [1.807, 2.05) is 6.92 Å². The highest BCUT2D eigenvalue weighted by atomic mass is 32.2. The summed E-state index contributed by atoms with van der Waals surface area (Å²) in [5.41, 5.74) is 2.09. The molecule has 26 heavy (non-hydrogen) atoms. The van der Waals surface area contributed by atoms with Crippen molar-refractivity contribution in [2.24, 2.45) is 0 Å². The first-order valence-corrected chi connectivity index (χ1v) is 8.86. The van der Waals surface area contributed by atoms with Gasteiger partial charge in [-0.1, -0.05) is 18.7 Å². The summed E-state index contributed by atoms with van der Waals surface area (Å²) in [6, 6.07) is 5.31. The van der Waals surface area contributed by atoms with Gasteiger partial charge in [-0.15, -0.1) is 0 Å². The molecule has 1 aromatic carbocycles. The minimum Gasteiger partial charge on any atom is -0.466 e. The van der Waals surface area contributed by atoms with Crippen LogP contribution in [0.3, 0.4) is 0 Å². The van der Waals surface area contributed by atoms with Crippen LogP contribution in [0.1, 0.15) is 6.92 Å². The maximum atomic E-state index is 12.3. The van der Waals surface area contributed by atoms with E-state index >= 15 is 0 Å². The molecular formula is C17H18N2O6S. The summed E-state index contributed by atoms with van der Waals surface area (Å²) < 4.78 is 20.8. The van der Waals surface area contributed by atoms with Crippen molar-refractivity contribution in [1.29, 1.82) is 0 Å². The van der Waals surface area contributed by atoms with Crippen molar-refractivity contribution in [3.8, 4) is 0 Å². The predicted molar refractivity (Wildman–Crippen MR) is 94.8 cm³/mol. The average Bonchev–Trinajstić information content (AvgIpc) is 3.07. The lowest BCUT2D eigenvalue weighted by atomic mass is 10.1. The third-order valence-corrected chi connectivity index (χ3v) is 4.48. The van der Waals surface area contributed by atoms with E-state index < -0.39 is 11.9 Å². The Balaban J connectivity index is 2.06. The van der Waals surface area contributed by atoms with Gasteiger partial charge in [-0.3, -0.25) is 0 Å². The molecule has 2 aromatic rings. The Labute approximate surface area is 154 Å². The van der Waals surface area contributed by atoms with Crippen molar-refractivity contribution in [1.82, 2.24) is 4.98 Å².